The van der Waals surface area contributed by atoms with Crippen molar-refractivity contribution in [3.63, 3.8) is 0 Å². The van der Waals surface area contributed by atoms with Crippen molar-refractivity contribution in [2.75, 3.05) is 31.3 Å². The van der Waals surface area contributed by atoms with Crippen LogP contribution < -0.4 is 0 Å². The molecule has 7 nitrogen and oxygen atoms in total. The molecule has 3 aliphatic heterocycles. The third kappa shape index (κ3) is 2.93. The molecule has 3 aliphatic rings. The molecule has 0 atom stereocenters. The molecule has 0 saturated carbocycles. The molecule has 1 aromatic carbocycles. The summed E-state index contributed by atoms with van der Waals surface area (Å²) in [6, 6.07) is 5.90. The summed E-state index contributed by atoms with van der Waals surface area (Å²) in [5.41, 5.74) is 0.677. The summed E-state index contributed by atoms with van der Waals surface area (Å²) in [7, 11) is 0. The number of carbonyl (C=O) groups is 4. The highest BCUT2D eigenvalue weighted by atomic mass is 32.2. The molecule has 4 rings (SSSR count). The van der Waals surface area contributed by atoms with Gasteiger partial charge in [-0.3, -0.25) is 33.9 Å². The first-order chi connectivity index (χ1) is 12.6. The predicted molar refractivity (Wildman–Crippen MR) is 95.6 cm³/mol. The summed E-state index contributed by atoms with van der Waals surface area (Å²) in [5, 5.41) is 0. The van der Waals surface area contributed by atoms with Gasteiger partial charge in [0, 0.05) is 37.4 Å². The van der Waals surface area contributed by atoms with Crippen LogP contribution in [0, 0.1) is 0 Å². The van der Waals surface area contributed by atoms with Gasteiger partial charge in [-0.2, -0.15) is 11.8 Å². The largest absolute Gasteiger partial charge is 0.284 e. The molecule has 3 heterocycles. The maximum Gasteiger partial charge on any atom is 0.261 e. The fourth-order valence-electron chi connectivity index (χ4n) is 3.66. The van der Waals surface area contributed by atoms with E-state index in [1.54, 1.807) is 24.3 Å². The van der Waals surface area contributed by atoms with Crippen LogP contribution in [0.5, 0.6) is 0 Å². The molecule has 0 unspecified atom stereocenters. The Morgan fingerprint density at radius 1 is 0.885 bits per heavy atom. The fraction of sp³-hybridized carbons (Fsp3) is 0.444. The molecule has 0 radical (unpaired) electrons. The molecule has 1 aromatic rings. The van der Waals surface area contributed by atoms with Crippen LogP contribution in [0.3, 0.4) is 0 Å². The molecule has 2 fully saturated rings. The number of piperidine rings is 1. The van der Waals surface area contributed by atoms with E-state index >= 15 is 0 Å². The number of hydrogen-bond acceptors (Lipinski definition) is 6. The van der Waals surface area contributed by atoms with Crippen LogP contribution in [-0.2, 0) is 9.59 Å². The Morgan fingerprint density at radius 3 is 1.96 bits per heavy atom. The van der Waals surface area contributed by atoms with Crippen LogP contribution in [0.15, 0.2) is 24.3 Å². The summed E-state index contributed by atoms with van der Waals surface area (Å²) in [5.74, 6) is 0.513. The van der Waals surface area contributed by atoms with Crippen molar-refractivity contribution in [2.24, 2.45) is 0 Å². The third-order valence-electron chi connectivity index (χ3n) is 5.06. The minimum absolute atomic E-state index is 0.000200. The van der Waals surface area contributed by atoms with Gasteiger partial charge in [0.2, 0.25) is 11.8 Å². The maximum atomic E-state index is 12.6. The average molecular weight is 373 g/mol. The molecule has 4 amide bonds. The highest BCUT2D eigenvalue weighted by molar-refractivity contribution is 7.99. The molecule has 0 N–H and O–H groups in total. The number of amides is 4. The van der Waals surface area contributed by atoms with E-state index in [0.717, 1.165) is 29.5 Å². The topological polar surface area (TPSA) is 78.0 Å². The lowest BCUT2D eigenvalue weighted by Crippen LogP contribution is -2.55. The van der Waals surface area contributed by atoms with Crippen LogP contribution in [0.4, 0.5) is 0 Å². The first-order valence-corrected chi connectivity index (χ1v) is 9.82. The summed E-state index contributed by atoms with van der Waals surface area (Å²) in [4.78, 5) is 54.7. The van der Waals surface area contributed by atoms with Gasteiger partial charge in [-0.05, 0) is 12.1 Å². The first-order valence-electron chi connectivity index (χ1n) is 8.66. The SMILES string of the molecule is O=C1CC(N2C(=O)c3ccccc3C2=O)CC(=O)N1CN1CCSCC1. The summed E-state index contributed by atoms with van der Waals surface area (Å²) in [6.45, 7) is 2.00. The lowest BCUT2D eigenvalue weighted by molar-refractivity contribution is -0.152. The number of fused-ring (bicyclic) bond motifs is 1. The second-order valence-electron chi connectivity index (χ2n) is 6.68. The van der Waals surface area contributed by atoms with E-state index in [0.29, 0.717) is 17.8 Å². The highest BCUT2D eigenvalue weighted by Crippen LogP contribution is 2.29. The zero-order chi connectivity index (χ0) is 18.3. The maximum absolute atomic E-state index is 12.6. The standard InChI is InChI=1S/C18H19N3O4S/c22-15-9-12(10-16(23)20(15)11-19-5-7-26-8-6-19)21-17(24)13-3-1-2-4-14(13)18(21)25/h1-4,12H,5-11H2. The summed E-state index contributed by atoms with van der Waals surface area (Å²) < 4.78 is 0. The zero-order valence-electron chi connectivity index (χ0n) is 14.2. The quantitative estimate of drug-likeness (QED) is 0.730. The monoisotopic (exact) mass is 373 g/mol. The van der Waals surface area contributed by atoms with Crippen LogP contribution >= 0.6 is 11.8 Å². The highest BCUT2D eigenvalue weighted by Gasteiger charge is 2.44. The van der Waals surface area contributed by atoms with Crippen molar-refractivity contribution < 1.29 is 19.2 Å². The van der Waals surface area contributed by atoms with Crippen molar-refractivity contribution in [1.29, 1.82) is 0 Å². The smallest absolute Gasteiger partial charge is 0.261 e. The molecule has 0 spiro atoms. The number of likely N-dealkylation sites (tertiary alicyclic amines) is 1. The Kier molecular flexibility index (Phi) is 4.54. The Morgan fingerprint density at radius 2 is 1.42 bits per heavy atom. The van der Waals surface area contributed by atoms with Crippen LogP contribution in [0.2, 0.25) is 0 Å². The van der Waals surface area contributed by atoms with Gasteiger partial charge in [0.1, 0.15) is 0 Å². The Labute approximate surface area is 155 Å². The summed E-state index contributed by atoms with van der Waals surface area (Å²) in [6.07, 6.45) is -0.000400. The van der Waals surface area contributed by atoms with Crippen LogP contribution in [-0.4, -0.2) is 75.6 Å². The number of thioether (sulfide) groups is 1. The second-order valence-corrected chi connectivity index (χ2v) is 7.90. The minimum atomic E-state index is -0.699. The molecule has 26 heavy (non-hydrogen) atoms. The summed E-state index contributed by atoms with van der Waals surface area (Å²) >= 11 is 1.86. The van der Waals surface area contributed by atoms with E-state index in [-0.39, 0.29) is 24.7 Å². The van der Waals surface area contributed by atoms with Crippen molar-refractivity contribution in [2.45, 2.75) is 18.9 Å². The molecule has 0 aromatic heterocycles. The van der Waals surface area contributed by atoms with Gasteiger partial charge in [0.05, 0.1) is 23.8 Å². The van der Waals surface area contributed by atoms with Crippen molar-refractivity contribution in [3.05, 3.63) is 35.4 Å². The number of imide groups is 2. The van der Waals surface area contributed by atoms with Crippen molar-refractivity contribution in [1.82, 2.24) is 14.7 Å². The van der Waals surface area contributed by atoms with Crippen LogP contribution in [0.25, 0.3) is 0 Å². The Balaban J connectivity index is 1.48. The zero-order valence-corrected chi connectivity index (χ0v) is 15.0. The van der Waals surface area contributed by atoms with E-state index in [4.69, 9.17) is 0 Å². The molecule has 2 saturated heterocycles. The number of carbonyl (C=O) groups excluding carboxylic acids is 4. The van der Waals surface area contributed by atoms with E-state index in [1.807, 2.05) is 11.8 Å². The van der Waals surface area contributed by atoms with E-state index < -0.39 is 17.9 Å². The van der Waals surface area contributed by atoms with Gasteiger partial charge in [0.25, 0.3) is 11.8 Å². The van der Waals surface area contributed by atoms with Gasteiger partial charge in [-0.1, -0.05) is 12.1 Å². The van der Waals surface area contributed by atoms with E-state index in [1.165, 1.54) is 4.90 Å². The first kappa shape index (κ1) is 17.2. The Hall–Kier alpha value is -2.19. The van der Waals surface area contributed by atoms with Crippen molar-refractivity contribution >= 4 is 35.4 Å². The van der Waals surface area contributed by atoms with Gasteiger partial charge in [0.15, 0.2) is 0 Å². The van der Waals surface area contributed by atoms with E-state index in [2.05, 4.69) is 4.90 Å². The van der Waals surface area contributed by atoms with E-state index in [9.17, 15) is 19.2 Å². The van der Waals surface area contributed by atoms with Gasteiger partial charge in [-0.15, -0.1) is 0 Å². The minimum Gasteiger partial charge on any atom is -0.284 e. The molecule has 0 bridgehead atoms. The molecule has 136 valence electrons. The number of benzene rings is 1. The lowest BCUT2D eigenvalue weighted by Gasteiger charge is -2.37. The molecule has 0 aliphatic carbocycles. The Bertz CT molecular complexity index is 737. The third-order valence-corrected chi connectivity index (χ3v) is 6.00. The molecular formula is C18H19N3O4S. The van der Waals surface area contributed by atoms with Gasteiger partial charge >= 0.3 is 0 Å². The fourth-order valence-corrected chi connectivity index (χ4v) is 4.64. The van der Waals surface area contributed by atoms with Crippen molar-refractivity contribution in [3.8, 4) is 0 Å². The number of rotatable bonds is 3. The molecule has 8 heteroatoms. The lowest BCUT2D eigenvalue weighted by atomic mass is 10.0. The number of nitrogens with zero attached hydrogens (tertiary/aromatic N) is 3. The second kappa shape index (κ2) is 6.85. The predicted octanol–water partition coefficient (Wildman–Crippen LogP) is 0.806. The number of hydrogen-bond donors (Lipinski definition) is 0. The molecular weight excluding hydrogens is 354 g/mol. The van der Waals surface area contributed by atoms with Gasteiger partial charge in [-0.25, -0.2) is 0 Å². The average Bonchev–Trinajstić information content (AvgIpc) is 2.90. The van der Waals surface area contributed by atoms with Crippen LogP contribution in [0.1, 0.15) is 33.6 Å². The normalized spacial score (nSPS) is 22.3. The van der Waals surface area contributed by atoms with Gasteiger partial charge < -0.3 is 0 Å².